The quantitative estimate of drug-likeness (QED) is 0.286. The molecule has 0 aliphatic heterocycles. The van der Waals surface area contributed by atoms with E-state index in [-0.39, 0.29) is 5.95 Å². The van der Waals surface area contributed by atoms with Gasteiger partial charge in [-0.25, -0.2) is 10.1 Å². The fourth-order valence-corrected chi connectivity index (χ4v) is 3.39. The van der Waals surface area contributed by atoms with Crippen LogP contribution in [0, 0.1) is 13.8 Å². The third kappa shape index (κ3) is 5.09. The average Bonchev–Trinajstić information content (AvgIpc) is 3.12. The number of halogens is 1. The lowest BCUT2D eigenvalue weighted by Gasteiger charge is -2.09. The van der Waals surface area contributed by atoms with E-state index in [9.17, 15) is 0 Å². The zero-order valence-electron chi connectivity index (χ0n) is 17.7. The van der Waals surface area contributed by atoms with Crippen LogP contribution in [0.2, 0.25) is 0 Å². The van der Waals surface area contributed by atoms with Crippen LogP contribution in [-0.4, -0.2) is 38.1 Å². The van der Waals surface area contributed by atoms with E-state index in [4.69, 9.17) is 4.74 Å². The Balaban J connectivity index is 1.66. The van der Waals surface area contributed by atoms with Crippen molar-refractivity contribution in [2.45, 2.75) is 13.8 Å². The van der Waals surface area contributed by atoms with Crippen LogP contribution in [0.1, 0.15) is 17.0 Å². The third-order valence-corrected chi connectivity index (χ3v) is 4.91. The first kappa shape index (κ1) is 21.4. The van der Waals surface area contributed by atoms with Crippen LogP contribution in [0.15, 0.2) is 64.2 Å². The summed E-state index contributed by atoms with van der Waals surface area (Å²) in [6.07, 6.45) is 1.64. The van der Waals surface area contributed by atoms with Crippen molar-refractivity contribution in [1.29, 1.82) is 0 Å². The molecule has 0 atom stereocenters. The van der Waals surface area contributed by atoms with E-state index in [0.29, 0.717) is 17.6 Å². The predicted molar refractivity (Wildman–Crippen MR) is 128 cm³/mol. The van der Waals surface area contributed by atoms with Crippen molar-refractivity contribution in [3.05, 3.63) is 76.0 Å². The van der Waals surface area contributed by atoms with Gasteiger partial charge in [0, 0.05) is 21.4 Å². The van der Waals surface area contributed by atoms with Gasteiger partial charge in [-0.1, -0.05) is 34.1 Å². The SMILES string of the molecule is COc1ccc(Br)cc1/C=N/Nc1nc(Nc2ccccc2)nc(-n2nc(C)cc2C)n1. The molecule has 32 heavy (non-hydrogen) atoms. The van der Waals surface area contributed by atoms with Crippen LogP contribution in [0.5, 0.6) is 5.75 Å². The van der Waals surface area contributed by atoms with Crippen molar-refractivity contribution in [2.75, 3.05) is 17.9 Å². The molecule has 0 amide bonds. The van der Waals surface area contributed by atoms with Gasteiger partial charge >= 0.3 is 0 Å². The number of rotatable bonds is 7. The van der Waals surface area contributed by atoms with Crippen LogP contribution in [-0.2, 0) is 0 Å². The number of hydrazone groups is 1. The highest BCUT2D eigenvalue weighted by Gasteiger charge is 2.12. The Morgan fingerprint density at radius 3 is 2.50 bits per heavy atom. The Labute approximate surface area is 193 Å². The summed E-state index contributed by atoms with van der Waals surface area (Å²) in [6.45, 7) is 3.86. The van der Waals surface area contributed by atoms with E-state index in [1.165, 1.54) is 0 Å². The number of aromatic nitrogens is 5. The molecule has 162 valence electrons. The summed E-state index contributed by atoms with van der Waals surface area (Å²) in [4.78, 5) is 13.5. The molecule has 2 heterocycles. The highest BCUT2D eigenvalue weighted by molar-refractivity contribution is 9.10. The number of methoxy groups -OCH3 is 1. The zero-order chi connectivity index (χ0) is 22.5. The van der Waals surface area contributed by atoms with Gasteiger partial charge in [0.25, 0.3) is 5.95 Å². The molecule has 0 aliphatic rings. The summed E-state index contributed by atoms with van der Waals surface area (Å²) in [6, 6.07) is 17.3. The van der Waals surface area contributed by atoms with E-state index >= 15 is 0 Å². The van der Waals surface area contributed by atoms with Crippen molar-refractivity contribution in [2.24, 2.45) is 5.10 Å². The molecule has 0 saturated carbocycles. The normalized spacial score (nSPS) is 11.0. The molecule has 4 rings (SSSR count). The van der Waals surface area contributed by atoms with Crippen molar-refractivity contribution < 1.29 is 4.74 Å². The Kier molecular flexibility index (Phi) is 6.41. The Morgan fingerprint density at radius 1 is 1.00 bits per heavy atom. The van der Waals surface area contributed by atoms with Gasteiger partial charge in [0.2, 0.25) is 11.9 Å². The maximum Gasteiger partial charge on any atom is 0.257 e. The number of ether oxygens (including phenoxy) is 1. The number of para-hydroxylation sites is 1. The van der Waals surface area contributed by atoms with Crippen molar-refractivity contribution in [3.8, 4) is 11.7 Å². The molecule has 0 unspecified atom stereocenters. The molecule has 0 saturated heterocycles. The van der Waals surface area contributed by atoms with Gasteiger partial charge < -0.3 is 10.1 Å². The lowest BCUT2D eigenvalue weighted by atomic mass is 10.2. The second-order valence-corrected chi connectivity index (χ2v) is 7.78. The maximum atomic E-state index is 5.38. The minimum atomic E-state index is 0.270. The summed E-state index contributed by atoms with van der Waals surface area (Å²) in [7, 11) is 1.61. The lowest BCUT2D eigenvalue weighted by Crippen LogP contribution is -2.11. The molecule has 0 radical (unpaired) electrons. The molecule has 0 bridgehead atoms. The largest absolute Gasteiger partial charge is 0.496 e. The zero-order valence-corrected chi connectivity index (χ0v) is 19.3. The molecule has 10 heteroatoms. The molecule has 2 aromatic carbocycles. The van der Waals surface area contributed by atoms with Gasteiger partial charge in [0.1, 0.15) is 5.75 Å². The molecular formula is C22H21BrN8O. The average molecular weight is 493 g/mol. The molecule has 4 aromatic rings. The number of aryl methyl sites for hydroxylation is 2. The molecule has 0 spiro atoms. The van der Waals surface area contributed by atoms with Crippen LogP contribution in [0.25, 0.3) is 5.95 Å². The first-order valence-corrected chi connectivity index (χ1v) is 10.6. The number of nitrogens with zero attached hydrogens (tertiary/aromatic N) is 6. The summed E-state index contributed by atoms with van der Waals surface area (Å²) in [5.41, 5.74) is 6.31. The summed E-state index contributed by atoms with van der Waals surface area (Å²) in [5, 5.41) is 12.0. The first-order chi connectivity index (χ1) is 15.5. The summed E-state index contributed by atoms with van der Waals surface area (Å²) in [5.74, 6) is 1.71. The molecular weight excluding hydrogens is 472 g/mol. The van der Waals surface area contributed by atoms with E-state index in [1.807, 2.05) is 68.4 Å². The number of anilines is 3. The molecule has 0 fully saturated rings. The van der Waals surface area contributed by atoms with Crippen LogP contribution < -0.4 is 15.5 Å². The van der Waals surface area contributed by atoms with E-state index < -0.39 is 0 Å². The molecule has 2 aromatic heterocycles. The van der Waals surface area contributed by atoms with Gasteiger partial charge in [-0.05, 0) is 50.2 Å². The van der Waals surface area contributed by atoms with E-state index in [2.05, 4.69) is 51.8 Å². The highest BCUT2D eigenvalue weighted by atomic mass is 79.9. The van der Waals surface area contributed by atoms with Crippen molar-refractivity contribution in [3.63, 3.8) is 0 Å². The Bertz CT molecular complexity index is 1260. The minimum Gasteiger partial charge on any atom is -0.496 e. The Hall–Kier alpha value is -3.79. The number of hydrogen-bond donors (Lipinski definition) is 2. The predicted octanol–water partition coefficient (Wildman–Crippen LogP) is 4.63. The molecule has 9 nitrogen and oxygen atoms in total. The van der Waals surface area contributed by atoms with Crippen molar-refractivity contribution >= 4 is 39.7 Å². The molecule has 0 aliphatic carbocycles. The van der Waals surface area contributed by atoms with Gasteiger partial charge in [-0.15, -0.1) is 0 Å². The van der Waals surface area contributed by atoms with Crippen LogP contribution in [0.3, 0.4) is 0 Å². The smallest absolute Gasteiger partial charge is 0.257 e. The fraction of sp³-hybridized carbons (Fsp3) is 0.136. The van der Waals surface area contributed by atoms with E-state index in [0.717, 1.165) is 27.1 Å². The van der Waals surface area contributed by atoms with Crippen molar-refractivity contribution in [1.82, 2.24) is 24.7 Å². The monoisotopic (exact) mass is 492 g/mol. The van der Waals surface area contributed by atoms with E-state index in [1.54, 1.807) is 18.0 Å². The van der Waals surface area contributed by atoms with Crippen LogP contribution >= 0.6 is 15.9 Å². The van der Waals surface area contributed by atoms with Crippen LogP contribution in [0.4, 0.5) is 17.6 Å². The third-order valence-electron chi connectivity index (χ3n) is 4.41. The first-order valence-electron chi connectivity index (χ1n) is 9.76. The number of hydrogen-bond acceptors (Lipinski definition) is 8. The lowest BCUT2D eigenvalue weighted by molar-refractivity contribution is 0.414. The number of benzene rings is 2. The topological polar surface area (TPSA) is 102 Å². The Morgan fingerprint density at radius 2 is 1.78 bits per heavy atom. The standard InChI is InChI=1S/C22H21BrN8O/c1-14-11-15(2)31(30-14)22-27-20(25-18-7-5-4-6-8-18)26-21(28-22)29-24-13-16-12-17(23)9-10-19(16)32-3/h4-13H,1-3H3,(H2,25,26,27,28,29)/b24-13+. The minimum absolute atomic E-state index is 0.270. The fourth-order valence-electron chi connectivity index (χ4n) is 3.01. The summed E-state index contributed by atoms with van der Waals surface area (Å²) >= 11 is 3.46. The van der Waals surface area contributed by atoms with Gasteiger partial charge in [0.05, 0.1) is 19.0 Å². The second kappa shape index (κ2) is 9.56. The summed E-state index contributed by atoms with van der Waals surface area (Å²) < 4.78 is 7.96. The van der Waals surface area contributed by atoms with Gasteiger partial charge in [-0.3, -0.25) is 0 Å². The van der Waals surface area contributed by atoms with Gasteiger partial charge in [-0.2, -0.15) is 25.2 Å². The maximum absolute atomic E-state index is 5.38. The van der Waals surface area contributed by atoms with Gasteiger partial charge in [0.15, 0.2) is 0 Å². The second-order valence-electron chi connectivity index (χ2n) is 6.87. The highest BCUT2D eigenvalue weighted by Crippen LogP contribution is 2.21. The number of nitrogens with one attached hydrogen (secondary N) is 2. The molecule has 2 N–H and O–H groups in total.